The van der Waals surface area contributed by atoms with Crippen molar-refractivity contribution in [3.63, 3.8) is 0 Å². The maximum atomic E-state index is 12.1. The standard InChI is InChI=1S/C17H22O2/c1-12(2)15-10-9-13(3)11-16(15)19-17(18)14-7-5-4-6-8-14/h4-8,13,15-16H,1,9-11H2,2-3H3. The normalized spacial score (nSPS) is 26.7. The van der Waals surface area contributed by atoms with Gasteiger partial charge in [0.15, 0.2) is 0 Å². The lowest BCUT2D eigenvalue weighted by Gasteiger charge is -2.34. The molecule has 1 aliphatic carbocycles. The summed E-state index contributed by atoms with van der Waals surface area (Å²) >= 11 is 0. The van der Waals surface area contributed by atoms with Gasteiger partial charge in [-0.3, -0.25) is 0 Å². The average Bonchev–Trinajstić information content (AvgIpc) is 2.39. The van der Waals surface area contributed by atoms with Gasteiger partial charge in [0.05, 0.1) is 5.56 Å². The topological polar surface area (TPSA) is 26.3 Å². The van der Waals surface area contributed by atoms with E-state index in [9.17, 15) is 4.79 Å². The molecular formula is C17H22O2. The Balaban J connectivity index is 2.07. The molecule has 0 aromatic heterocycles. The highest BCUT2D eigenvalue weighted by molar-refractivity contribution is 5.89. The Hall–Kier alpha value is -1.57. The molecule has 1 aromatic carbocycles. The number of rotatable bonds is 3. The van der Waals surface area contributed by atoms with Gasteiger partial charge >= 0.3 is 5.97 Å². The smallest absolute Gasteiger partial charge is 0.338 e. The first kappa shape index (κ1) is 13.9. The van der Waals surface area contributed by atoms with E-state index in [-0.39, 0.29) is 12.1 Å². The highest BCUT2D eigenvalue weighted by atomic mass is 16.5. The molecule has 0 amide bonds. The van der Waals surface area contributed by atoms with Crippen LogP contribution in [0.4, 0.5) is 0 Å². The van der Waals surface area contributed by atoms with Crippen molar-refractivity contribution in [1.82, 2.24) is 0 Å². The summed E-state index contributed by atoms with van der Waals surface area (Å²) in [6.07, 6.45) is 3.19. The van der Waals surface area contributed by atoms with Crippen molar-refractivity contribution in [2.24, 2.45) is 11.8 Å². The molecule has 1 saturated carbocycles. The molecule has 3 unspecified atom stereocenters. The van der Waals surface area contributed by atoms with Gasteiger partial charge in [-0.25, -0.2) is 4.79 Å². The van der Waals surface area contributed by atoms with E-state index < -0.39 is 0 Å². The summed E-state index contributed by atoms with van der Waals surface area (Å²) < 4.78 is 5.72. The van der Waals surface area contributed by atoms with Gasteiger partial charge in [0, 0.05) is 5.92 Å². The van der Waals surface area contributed by atoms with Crippen molar-refractivity contribution in [2.75, 3.05) is 0 Å². The van der Waals surface area contributed by atoms with Gasteiger partial charge in [0.2, 0.25) is 0 Å². The second-order valence-electron chi connectivity index (χ2n) is 5.68. The zero-order valence-electron chi connectivity index (χ0n) is 11.8. The first-order valence-corrected chi connectivity index (χ1v) is 6.99. The van der Waals surface area contributed by atoms with Crippen LogP contribution in [0.5, 0.6) is 0 Å². The van der Waals surface area contributed by atoms with Crippen LogP contribution < -0.4 is 0 Å². The third kappa shape index (κ3) is 3.46. The SMILES string of the molecule is C=C(C)C1CCC(C)CC1OC(=O)c1ccccc1. The van der Waals surface area contributed by atoms with Crippen LogP contribution in [-0.4, -0.2) is 12.1 Å². The molecule has 0 spiro atoms. The molecule has 0 bridgehead atoms. The predicted molar refractivity (Wildman–Crippen MR) is 77.0 cm³/mol. The van der Waals surface area contributed by atoms with Crippen molar-refractivity contribution < 1.29 is 9.53 Å². The number of hydrogen-bond acceptors (Lipinski definition) is 2. The molecular weight excluding hydrogens is 236 g/mol. The van der Waals surface area contributed by atoms with Gasteiger partial charge in [-0.05, 0) is 44.2 Å². The zero-order valence-corrected chi connectivity index (χ0v) is 11.8. The Bertz CT molecular complexity index is 450. The van der Waals surface area contributed by atoms with E-state index in [0.29, 0.717) is 17.4 Å². The first-order valence-electron chi connectivity index (χ1n) is 6.99. The maximum absolute atomic E-state index is 12.1. The van der Waals surface area contributed by atoms with Crippen LogP contribution in [-0.2, 0) is 4.74 Å². The Labute approximate surface area is 115 Å². The quantitative estimate of drug-likeness (QED) is 0.599. The molecule has 19 heavy (non-hydrogen) atoms. The molecule has 2 heteroatoms. The number of carbonyl (C=O) groups excluding carboxylic acids is 1. The van der Waals surface area contributed by atoms with E-state index >= 15 is 0 Å². The maximum Gasteiger partial charge on any atom is 0.338 e. The van der Waals surface area contributed by atoms with Gasteiger partial charge in [-0.1, -0.05) is 37.3 Å². The fourth-order valence-corrected chi connectivity index (χ4v) is 2.80. The second-order valence-corrected chi connectivity index (χ2v) is 5.68. The molecule has 0 radical (unpaired) electrons. The summed E-state index contributed by atoms with van der Waals surface area (Å²) in [4.78, 5) is 12.1. The molecule has 0 saturated heterocycles. The van der Waals surface area contributed by atoms with Crippen molar-refractivity contribution in [3.05, 3.63) is 48.0 Å². The second kappa shape index (κ2) is 6.05. The zero-order chi connectivity index (χ0) is 13.8. The first-order chi connectivity index (χ1) is 9.08. The Morgan fingerprint density at radius 2 is 1.95 bits per heavy atom. The van der Waals surface area contributed by atoms with Crippen LogP contribution in [0.15, 0.2) is 42.5 Å². The molecule has 2 rings (SSSR count). The minimum atomic E-state index is -0.217. The lowest BCUT2D eigenvalue weighted by atomic mass is 9.77. The molecule has 2 nitrogen and oxygen atoms in total. The molecule has 0 N–H and O–H groups in total. The molecule has 102 valence electrons. The summed E-state index contributed by atoms with van der Waals surface area (Å²) in [5, 5.41) is 0. The minimum absolute atomic E-state index is 0.0195. The molecule has 1 fully saturated rings. The van der Waals surface area contributed by atoms with Crippen molar-refractivity contribution in [2.45, 2.75) is 39.2 Å². The predicted octanol–water partition coefficient (Wildman–Crippen LogP) is 4.22. The van der Waals surface area contributed by atoms with Crippen LogP contribution in [0.1, 0.15) is 43.5 Å². The largest absolute Gasteiger partial charge is 0.458 e. The summed E-state index contributed by atoms with van der Waals surface area (Å²) in [6, 6.07) is 9.21. The molecule has 3 atom stereocenters. The number of carbonyl (C=O) groups is 1. The van der Waals surface area contributed by atoms with Gasteiger partial charge in [0.25, 0.3) is 0 Å². The third-order valence-corrected chi connectivity index (χ3v) is 3.95. The summed E-state index contributed by atoms with van der Waals surface area (Å²) in [5.74, 6) is 0.707. The molecule has 1 aliphatic rings. The van der Waals surface area contributed by atoms with Gasteiger partial charge < -0.3 is 4.74 Å². The fraction of sp³-hybridized carbons (Fsp3) is 0.471. The molecule has 1 aromatic rings. The molecule has 0 aliphatic heterocycles. The summed E-state index contributed by atoms with van der Waals surface area (Å²) in [7, 11) is 0. The van der Waals surface area contributed by atoms with E-state index in [0.717, 1.165) is 18.4 Å². The highest BCUT2D eigenvalue weighted by Crippen LogP contribution is 2.35. The Kier molecular flexibility index (Phi) is 4.41. The minimum Gasteiger partial charge on any atom is -0.458 e. The number of benzene rings is 1. The lowest BCUT2D eigenvalue weighted by molar-refractivity contribution is 0.000454. The van der Waals surface area contributed by atoms with E-state index in [1.54, 1.807) is 12.1 Å². The molecule has 0 heterocycles. The van der Waals surface area contributed by atoms with Crippen molar-refractivity contribution >= 4 is 5.97 Å². The van der Waals surface area contributed by atoms with Crippen LogP contribution >= 0.6 is 0 Å². The third-order valence-electron chi connectivity index (χ3n) is 3.95. The van der Waals surface area contributed by atoms with Crippen LogP contribution in [0.2, 0.25) is 0 Å². The highest BCUT2D eigenvalue weighted by Gasteiger charge is 2.32. The van der Waals surface area contributed by atoms with Gasteiger partial charge in [-0.15, -0.1) is 0 Å². The van der Waals surface area contributed by atoms with Gasteiger partial charge in [-0.2, -0.15) is 0 Å². The number of hydrogen-bond donors (Lipinski definition) is 0. The van der Waals surface area contributed by atoms with E-state index in [2.05, 4.69) is 13.5 Å². The number of ether oxygens (including phenoxy) is 1. The van der Waals surface area contributed by atoms with Crippen molar-refractivity contribution in [1.29, 1.82) is 0 Å². The average molecular weight is 258 g/mol. The van der Waals surface area contributed by atoms with Crippen LogP contribution in [0.25, 0.3) is 0 Å². The fourth-order valence-electron chi connectivity index (χ4n) is 2.80. The van der Waals surface area contributed by atoms with E-state index in [4.69, 9.17) is 4.74 Å². The summed E-state index contributed by atoms with van der Waals surface area (Å²) in [5.41, 5.74) is 1.75. The van der Waals surface area contributed by atoms with E-state index in [1.807, 2.05) is 25.1 Å². The van der Waals surface area contributed by atoms with Gasteiger partial charge in [0.1, 0.15) is 6.10 Å². The summed E-state index contributed by atoms with van der Waals surface area (Å²) in [6.45, 7) is 8.29. The van der Waals surface area contributed by atoms with Crippen LogP contribution in [0.3, 0.4) is 0 Å². The number of esters is 1. The van der Waals surface area contributed by atoms with E-state index in [1.165, 1.54) is 6.42 Å². The monoisotopic (exact) mass is 258 g/mol. The lowest BCUT2D eigenvalue weighted by Crippen LogP contribution is -2.33. The Morgan fingerprint density at radius 3 is 2.58 bits per heavy atom. The Morgan fingerprint density at radius 1 is 1.26 bits per heavy atom. The van der Waals surface area contributed by atoms with Crippen LogP contribution in [0, 0.1) is 11.8 Å². The van der Waals surface area contributed by atoms with Crippen molar-refractivity contribution in [3.8, 4) is 0 Å².